The highest BCUT2D eigenvalue weighted by Crippen LogP contribution is 2.29. The minimum Gasteiger partial charge on any atom is -0.455 e. The van der Waals surface area contributed by atoms with Crippen molar-refractivity contribution in [1.29, 1.82) is 0 Å². The predicted octanol–water partition coefficient (Wildman–Crippen LogP) is 3.99. The summed E-state index contributed by atoms with van der Waals surface area (Å²) >= 11 is 5.88. The van der Waals surface area contributed by atoms with Gasteiger partial charge in [-0.05, 0) is 36.4 Å². The largest absolute Gasteiger partial charge is 0.455 e. The Morgan fingerprint density at radius 3 is 2.33 bits per heavy atom. The second kappa shape index (κ2) is 7.23. The molecule has 0 radical (unpaired) electrons. The van der Waals surface area contributed by atoms with Crippen LogP contribution in [-0.2, 0) is 10.1 Å². The lowest BCUT2D eigenvalue weighted by atomic mass is 10.3. The molecule has 9 heteroatoms. The van der Waals surface area contributed by atoms with Gasteiger partial charge in [0.25, 0.3) is 10.1 Å². The van der Waals surface area contributed by atoms with Gasteiger partial charge >= 0.3 is 0 Å². The molecule has 24 heavy (non-hydrogen) atoms. The highest BCUT2D eigenvalue weighted by atomic mass is 35.5. The Morgan fingerprint density at radius 1 is 1.08 bits per heavy atom. The zero-order chi connectivity index (χ0) is 16.4. The van der Waals surface area contributed by atoms with Crippen molar-refractivity contribution in [2.75, 3.05) is 0 Å². The monoisotopic (exact) mass is 386 g/mol. The summed E-state index contributed by atoms with van der Waals surface area (Å²) in [5.41, 5.74) is 0.679. The van der Waals surface area contributed by atoms with E-state index in [0.717, 1.165) is 0 Å². The molecule has 0 saturated carbocycles. The average Bonchev–Trinajstić information content (AvgIpc) is 2.94. The van der Waals surface area contributed by atoms with E-state index in [4.69, 9.17) is 20.9 Å². The molecule has 126 valence electrons. The first-order valence-corrected chi connectivity index (χ1v) is 8.30. The Bertz CT molecular complexity index is 940. The van der Waals surface area contributed by atoms with Crippen molar-refractivity contribution in [2.24, 2.45) is 0 Å². The van der Waals surface area contributed by atoms with Crippen molar-refractivity contribution in [1.82, 2.24) is 9.78 Å². The maximum atomic E-state index is 11.0. The fourth-order valence-corrected chi connectivity index (χ4v) is 2.59. The van der Waals surface area contributed by atoms with Gasteiger partial charge in [0.15, 0.2) is 5.75 Å². The van der Waals surface area contributed by atoms with E-state index in [2.05, 4.69) is 5.10 Å². The highest BCUT2D eigenvalue weighted by Gasteiger charge is 2.11. The molecule has 1 heterocycles. The summed E-state index contributed by atoms with van der Waals surface area (Å²) in [5, 5.41) is 4.62. The minimum atomic E-state index is -4.23. The van der Waals surface area contributed by atoms with Crippen molar-refractivity contribution >= 4 is 34.1 Å². The Balaban J connectivity index is 0.00000208. The Hall–Kier alpha value is -2.06. The second-order valence-electron chi connectivity index (χ2n) is 4.62. The van der Waals surface area contributed by atoms with E-state index in [-0.39, 0.29) is 17.3 Å². The lowest BCUT2D eigenvalue weighted by Crippen LogP contribution is -1.99. The van der Waals surface area contributed by atoms with Gasteiger partial charge in [-0.25, -0.2) is 4.68 Å². The topological polar surface area (TPSA) is 81.4 Å². The Labute approximate surface area is 149 Å². The molecule has 0 bridgehead atoms. The van der Waals surface area contributed by atoms with Gasteiger partial charge in [0.05, 0.1) is 16.1 Å². The van der Waals surface area contributed by atoms with Gasteiger partial charge in [0.2, 0.25) is 0 Å². The molecule has 0 spiro atoms. The summed E-state index contributed by atoms with van der Waals surface area (Å²) in [5.74, 6) is 0.940. The molecule has 0 aliphatic carbocycles. The van der Waals surface area contributed by atoms with Crippen LogP contribution < -0.4 is 4.74 Å². The maximum absolute atomic E-state index is 11.0. The number of benzene rings is 2. The van der Waals surface area contributed by atoms with Crippen molar-refractivity contribution in [2.45, 2.75) is 4.90 Å². The van der Waals surface area contributed by atoms with Crippen LogP contribution in [0.2, 0.25) is 5.02 Å². The molecule has 1 aromatic heterocycles. The number of rotatable bonds is 4. The van der Waals surface area contributed by atoms with Crippen molar-refractivity contribution in [3.05, 3.63) is 65.9 Å². The van der Waals surface area contributed by atoms with E-state index in [1.165, 1.54) is 30.5 Å². The molecule has 0 unspecified atom stereocenters. The van der Waals surface area contributed by atoms with Crippen LogP contribution >= 0.6 is 24.0 Å². The van der Waals surface area contributed by atoms with Crippen LogP contribution in [0, 0.1) is 0 Å². The summed E-state index contributed by atoms with van der Waals surface area (Å²) < 4.78 is 38.4. The molecule has 3 aromatic rings. The maximum Gasteiger partial charge on any atom is 0.294 e. The van der Waals surface area contributed by atoms with Gasteiger partial charge in [-0.1, -0.05) is 23.7 Å². The zero-order valence-corrected chi connectivity index (χ0v) is 14.4. The normalized spacial score (nSPS) is 10.9. The molecule has 0 aliphatic rings. The van der Waals surface area contributed by atoms with Gasteiger partial charge in [-0.2, -0.15) is 13.5 Å². The summed E-state index contributed by atoms with van der Waals surface area (Å²) in [7, 11) is -4.23. The van der Waals surface area contributed by atoms with Crippen LogP contribution in [0.5, 0.6) is 11.5 Å². The third kappa shape index (κ3) is 4.07. The van der Waals surface area contributed by atoms with Gasteiger partial charge in [-0.15, -0.1) is 12.4 Å². The summed E-state index contributed by atoms with van der Waals surface area (Å²) in [6.07, 6.45) is 3.16. The van der Waals surface area contributed by atoms with Crippen LogP contribution in [0.4, 0.5) is 0 Å². The summed E-state index contributed by atoms with van der Waals surface area (Å²) in [6.45, 7) is 0. The predicted molar refractivity (Wildman–Crippen MR) is 92.2 cm³/mol. The van der Waals surface area contributed by atoms with Crippen LogP contribution in [0.3, 0.4) is 0 Å². The van der Waals surface area contributed by atoms with Crippen molar-refractivity contribution < 1.29 is 17.7 Å². The standard InChI is InChI=1S/C15H11ClN2O4S.ClH/c16-11-9-17-18(10-11)14-3-1-2-4-15(14)22-12-5-7-13(8-6-12)23(19,20)21;/h1-10H,(H,19,20,21);1H. The van der Waals surface area contributed by atoms with Crippen LogP contribution in [-0.4, -0.2) is 22.8 Å². The second-order valence-corrected chi connectivity index (χ2v) is 6.48. The molecular formula is C15H12Cl2N2O4S. The third-order valence-corrected chi connectivity index (χ3v) is 4.08. The molecule has 1 N–H and O–H groups in total. The van der Waals surface area contributed by atoms with Crippen molar-refractivity contribution in [3.8, 4) is 17.2 Å². The molecule has 3 rings (SSSR count). The molecule has 0 aliphatic heterocycles. The number of hydrogen-bond acceptors (Lipinski definition) is 4. The van der Waals surface area contributed by atoms with E-state index in [0.29, 0.717) is 22.2 Å². The first-order chi connectivity index (χ1) is 10.9. The van der Waals surface area contributed by atoms with Gasteiger partial charge in [0.1, 0.15) is 11.4 Å². The lowest BCUT2D eigenvalue weighted by Gasteiger charge is -2.11. The van der Waals surface area contributed by atoms with Crippen LogP contribution in [0.15, 0.2) is 65.8 Å². The lowest BCUT2D eigenvalue weighted by molar-refractivity contribution is 0.475. The highest BCUT2D eigenvalue weighted by molar-refractivity contribution is 7.85. The van der Waals surface area contributed by atoms with Gasteiger partial charge in [0, 0.05) is 6.20 Å². The Morgan fingerprint density at radius 2 is 1.75 bits per heavy atom. The number of aromatic nitrogens is 2. The smallest absolute Gasteiger partial charge is 0.294 e. The molecule has 0 fully saturated rings. The number of para-hydroxylation sites is 2. The molecule has 0 amide bonds. The summed E-state index contributed by atoms with van der Waals surface area (Å²) in [4.78, 5) is -0.197. The number of nitrogens with zero attached hydrogens (tertiary/aromatic N) is 2. The molecule has 6 nitrogen and oxygen atoms in total. The van der Waals surface area contributed by atoms with E-state index in [1.807, 2.05) is 12.1 Å². The van der Waals surface area contributed by atoms with Crippen LogP contribution in [0.1, 0.15) is 0 Å². The first kappa shape index (κ1) is 18.3. The van der Waals surface area contributed by atoms with Crippen LogP contribution in [0.25, 0.3) is 5.69 Å². The molecule has 0 saturated heterocycles. The molecular weight excluding hydrogens is 375 g/mol. The fourth-order valence-electron chi connectivity index (χ4n) is 1.97. The van der Waals surface area contributed by atoms with E-state index >= 15 is 0 Å². The minimum absolute atomic E-state index is 0. The average molecular weight is 387 g/mol. The van der Waals surface area contributed by atoms with E-state index in [1.54, 1.807) is 23.0 Å². The quantitative estimate of drug-likeness (QED) is 0.685. The number of hydrogen-bond donors (Lipinski definition) is 1. The Kier molecular flexibility index (Phi) is 5.51. The van der Waals surface area contributed by atoms with Gasteiger partial charge in [-0.3, -0.25) is 4.55 Å². The van der Waals surface area contributed by atoms with Gasteiger partial charge < -0.3 is 4.74 Å². The SMILES string of the molecule is Cl.O=S(=O)(O)c1ccc(Oc2ccccc2-n2cc(Cl)cn2)cc1. The fraction of sp³-hybridized carbons (Fsp3) is 0. The molecule has 0 atom stereocenters. The summed E-state index contributed by atoms with van der Waals surface area (Å²) in [6, 6.07) is 12.6. The van der Waals surface area contributed by atoms with E-state index < -0.39 is 10.1 Å². The number of halogens is 2. The van der Waals surface area contributed by atoms with Crippen molar-refractivity contribution in [3.63, 3.8) is 0 Å². The number of ether oxygens (including phenoxy) is 1. The first-order valence-electron chi connectivity index (χ1n) is 6.48. The zero-order valence-electron chi connectivity index (χ0n) is 12.0. The molecule has 2 aromatic carbocycles. The van der Waals surface area contributed by atoms with E-state index in [9.17, 15) is 8.42 Å². The third-order valence-electron chi connectivity index (χ3n) is 3.01.